The maximum Gasteiger partial charge on any atom is 0.247 e. The van der Waals surface area contributed by atoms with Crippen LogP contribution in [0, 0.1) is 0 Å². The third-order valence-electron chi connectivity index (χ3n) is 3.34. The van der Waals surface area contributed by atoms with Crippen LogP contribution in [0.25, 0.3) is 11.5 Å². The molecule has 0 aliphatic heterocycles. The van der Waals surface area contributed by atoms with E-state index in [2.05, 4.69) is 17.1 Å². The van der Waals surface area contributed by atoms with Crippen molar-refractivity contribution in [2.45, 2.75) is 19.3 Å². The smallest absolute Gasteiger partial charge is 0.247 e. The van der Waals surface area contributed by atoms with Gasteiger partial charge in [-0.25, -0.2) is 0 Å². The van der Waals surface area contributed by atoms with Gasteiger partial charge in [0, 0.05) is 16.5 Å². The van der Waals surface area contributed by atoms with Crippen molar-refractivity contribution >= 4 is 11.6 Å². The quantitative estimate of drug-likeness (QED) is 0.698. The summed E-state index contributed by atoms with van der Waals surface area (Å²) in [6.07, 6.45) is 0.841. The van der Waals surface area contributed by atoms with Crippen molar-refractivity contribution in [3.63, 3.8) is 0 Å². The maximum atomic E-state index is 5.90. The average Bonchev–Trinajstić information content (AvgIpc) is 3.00. The monoisotopic (exact) mass is 298 g/mol. The van der Waals surface area contributed by atoms with Crippen LogP contribution in [-0.2, 0) is 6.42 Å². The minimum Gasteiger partial charge on any atom is -0.420 e. The van der Waals surface area contributed by atoms with E-state index in [1.165, 1.54) is 5.56 Å². The fourth-order valence-electron chi connectivity index (χ4n) is 2.19. The van der Waals surface area contributed by atoms with Gasteiger partial charge in [0.1, 0.15) is 0 Å². The summed E-state index contributed by atoms with van der Waals surface area (Å²) in [5.74, 6) is 1.38. The van der Waals surface area contributed by atoms with E-state index in [1.807, 2.05) is 54.6 Å². The molecule has 2 aromatic carbocycles. The predicted octanol–water partition coefficient (Wildman–Crippen LogP) is 4.74. The molecule has 0 fully saturated rings. The van der Waals surface area contributed by atoms with Crippen molar-refractivity contribution in [2.75, 3.05) is 0 Å². The van der Waals surface area contributed by atoms with Gasteiger partial charge in [-0.2, -0.15) is 0 Å². The first-order chi connectivity index (χ1) is 10.2. The molecule has 0 spiro atoms. The molecule has 1 atom stereocenters. The van der Waals surface area contributed by atoms with Gasteiger partial charge in [-0.05, 0) is 36.2 Å². The van der Waals surface area contributed by atoms with E-state index in [1.54, 1.807) is 0 Å². The summed E-state index contributed by atoms with van der Waals surface area (Å²) in [4.78, 5) is 0. The van der Waals surface area contributed by atoms with Crippen LogP contribution in [0.2, 0.25) is 5.02 Å². The minimum atomic E-state index is 0.163. The Balaban J connectivity index is 1.75. The first kappa shape index (κ1) is 13.8. The van der Waals surface area contributed by atoms with Crippen molar-refractivity contribution in [3.8, 4) is 11.5 Å². The molecule has 0 bridgehead atoms. The molecular formula is C17H15ClN2O. The highest BCUT2D eigenvalue weighted by Gasteiger charge is 2.15. The van der Waals surface area contributed by atoms with Crippen LogP contribution in [0.5, 0.6) is 0 Å². The Hall–Kier alpha value is -2.13. The second-order valence-corrected chi connectivity index (χ2v) is 5.48. The average molecular weight is 299 g/mol. The number of halogens is 1. The number of rotatable bonds is 4. The summed E-state index contributed by atoms with van der Waals surface area (Å²) >= 11 is 5.90. The van der Waals surface area contributed by atoms with Crippen molar-refractivity contribution < 1.29 is 4.42 Å². The summed E-state index contributed by atoms with van der Waals surface area (Å²) in [5.41, 5.74) is 2.14. The first-order valence-electron chi connectivity index (χ1n) is 6.85. The molecule has 0 amide bonds. The van der Waals surface area contributed by atoms with E-state index in [-0.39, 0.29) is 5.92 Å². The summed E-state index contributed by atoms with van der Waals surface area (Å²) in [7, 11) is 0. The summed E-state index contributed by atoms with van der Waals surface area (Å²) in [6.45, 7) is 2.08. The Morgan fingerprint density at radius 2 is 1.71 bits per heavy atom. The van der Waals surface area contributed by atoms with E-state index in [4.69, 9.17) is 16.0 Å². The lowest BCUT2D eigenvalue weighted by Gasteiger charge is -2.06. The van der Waals surface area contributed by atoms with Gasteiger partial charge in [0.25, 0.3) is 0 Å². The molecule has 1 aromatic heterocycles. The zero-order valence-corrected chi connectivity index (χ0v) is 12.4. The molecule has 106 valence electrons. The summed E-state index contributed by atoms with van der Waals surface area (Å²) in [6, 6.07) is 17.6. The molecule has 3 aromatic rings. The van der Waals surface area contributed by atoms with Gasteiger partial charge in [-0.15, -0.1) is 10.2 Å². The van der Waals surface area contributed by atoms with E-state index >= 15 is 0 Å². The third-order valence-corrected chi connectivity index (χ3v) is 3.59. The molecule has 3 rings (SSSR count). The lowest BCUT2D eigenvalue weighted by atomic mass is 10.0. The molecule has 3 nitrogen and oxygen atoms in total. The number of hydrogen-bond donors (Lipinski definition) is 0. The molecule has 0 saturated carbocycles. The molecule has 0 aliphatic rings. The molecule has 21 heavy (non-hydrogen) atoms. The largest absolute Gasteiger partial charge is 0.420 e. The number of nitrogens with zero attached hydrogens (tertiary/aromatic N) is 2. The predicted molar refractivity (Wildman–Crippen MR) is 83.3 cm³/mol. The fourth-order valence-corrected chi connectivity index (χ4v) is 2.32. The SMILES string of the molecule is CC(Cc1ccc(Cl)cc1)c1nnc(-c2ccccc2)o1. The zero-order valence-electron chi connectivity index (χ0n) is 11.7. The molecular weight excluding hydrogens is 284 g/mol. The van der Waals surface area contributed by atoms with E-state index < -0.39 is 0 Å². The van der Waals surface area contributed by atoms with Gasteiger partial charge in [-0.3, -0.25) is 0 Å². The molecule has 0 saturated heterocycles. The third kappa shape index (κ3) is 3.31. The highest BCUT2D eigenvalue weighted by molar-refractivity contribution is 6.30. The van der Waals surface area contributed by atoms with Crippen LogP contribution in [0.4, 0.5) is 0 Å². The molecule has 1 unspecified atom stereocenters. The van der Waals surface area contributed by atoms with Gasteiger partial charge in [-0.1, -0.05) is 48.9 Å². The fraction of sp³-hybridized carbons (Fsp3) is 0.176. The van der Waals surface area contributed by atoms with Gasteiger partial charge in [0.2, 0.25) is 11.8 Å². The van der Waals surface area contributed by atoms with Crippen molar-refractivity contribution in [3.05, 3.63) is 71.1 Å². The van der Waals surface area contributed by atoms with Crippen LogP contribution in [-0.4, -0.2) is 10.2 Å². The molecule has 0 aliphatic carbocycles. The Morgan fingerprint density at radius 1 is 1.00 bits per heavy atom. The first-order valence-corrected chi connectivity index (χ1v) is 7.23. The van der Waals surface area contributed by atoms with Crippen LogP contribution in [0.15, 0.2) is 59.0 Å². The van der Waals surface area contributed by atoms with Crippen LogP contribution in [0.1, 0.15) is 24.3 Å². The van der Waals surface area contributed by atoms with Gasteiger partial charge >= 0.3 is 0 Å². The summed E-state index contributed by atoms with van der Waals surface area (Å²) in [5, 5.41) is 9.03. The van der Waals surface area contributed by atoms with Crippen molar-refractivity contribution in [1.82, 2.24) is 10.2 Å². The molecule has 1 heterocycles. The van der Waals surface area contributed by atoms with Gasteiger partial charge in [0.15, 0.2) is 0 Å². The molecule has 0 radical (unpaired) electrons. The van der Waals surface area contributed by atoms with Gasteiger partial charge < -0.3 is 4.42 Å². The minimum absolute atomic E-state index is 0.163. The summed E-state index contributed by atoms with van der Waals surface area (Å²) < 4.78 is 5.78. The maximum absolute atomic E-state index is 5.90. The van der Waals surface area contributed by atoms with Gasteiger partial charge in [0.05, 0.1) is 0 Å². The van der Waals surface area contributed by atoms with E-state index in [9.17, 15) is 0 Å². The standard InChI is InChI=1S/C17H15ClN2O/c1-12(11-13-7-9-15(18)10-8-13)16-19-20-17(21-16)14-5-3-2-4-6-14/h2-10,12H,11H2,1H3. The highest BCUT2D eigenvalue weighted by Crippen LogP contribution is 2.24. The van der Waals surface area contributed by atoms with Crippen LogP contribution >= 0.6 is 11.6 Å². The molecule has 4 heteroatoms. The topological polar surface area (TPSA) is 38.9 Å². The second kappa shape index (κ2) is 6.10. The Labute approximate surface area is 128 Å². The molecule has 0 N–H and O–H groups in total. The highest BCUT2D eigenvalue weighted by atomic mass is 35.5. The lowest BCUT2D eigenvalue weighted by Crippen LogP contribution is -1.98. The van der Waals surface area contributed by atoms with E-state index in [0.29, 0.717) is 11.8 Å². The number of benzene rings is 2. The Morgan fingerprint density at radius 3 is 2.43 bits per heavy atom. The lowest BCUT2D eigenvalue weighted by molar-refractivity contribution is 0.466. The van der Waals surface area contributed by atoms with E-state index in [0.717, 1.165) is 17.0 Å². The Bertz CT molecular complexity index is 707. The van der Waals surface area contributed by atoms with Crippen molar-refractivity contribution in [2.24, 2.45) is 0 Å². The zero-order chi connectivity index (χ0) is 14.7. The number of hydrogen-bond acceptors (Lipinski definition) is 3. The van der Waals surface area contributed by atoms with Crippen LogP contribution in [0.3, 0.4) is 0 Å². The Kier molecular flexibility index (Phi) is 4.02. The number of aromatic nitrogens is 2. The second-order valence-electron chi connectivity index (χ2n) is 5.04. The normalized spacial score (nSPS) is 12.3. The van der Waals surface area contributed by atoms with Crippen LogP contribution < -0.4 is 0 Å². The van der Waals surface area contributed by atoms with Crippen molar-refractivity contribution in [1.29, 1.82) is 0 Å².